The normalized spacial score (nSPS) is 18.6. The Bertz CT molecular complexity index is 396. The maximum Gasteiger partial charge on any atom is 0.297 e. The number of rotatable bonds is 3. The van der Waals surface area contributed by atoms with E-state index in [4.69, 9.17) is 4.42 Å². The van der Waals surface area contributed by atoms with Gasteiger partial charge in [-0.3, -0.25) is 0 Å². The Morgan fingerprint density at radius 1 is 1.26 bits per heavy atom. The lowest BCUT2D eigenvalue weighted by Crippen LogP contribution is -2.35. The summed E-state index contributed by atoms with van der Waals surface area (Å²) in [5.74, 6) is 0. The van der Waals surface area contributed by atoms with Gasteiger partial charge in [0.25, 0.3) is 6.01 Å². The molecule has 1 saturated heterocycles. The highest BCUT2D eigenvalue weighted by Gasteiger charge is 2.17. The summed E-state index contributed by atoms with van der Waals surface area (Å²) in [5, 5.41) is 3.42. The average molecular weight is 266 g/mol. The zero-order valence-electron chi connectivity index (χ0n) is 12.6. The van der Waals surface area contributed by atoms with Crippen LogP contribution in [0.1, 0.15) is 32.9 Å². The first kappa shape index (κ1) is 14.3. The van der Waals surface area contributed by atoms with E-state index < -0.39 is 0 Å². The van der Waals surface area contributed by atoms with Crippen molar-refractivity contribution in [1.82, 2.24) is 15.2 Å². The maximum atomic E-state index is 5.62. The molecule has 0 unspecified atom stereocenters. The van der Waals surface area contributed by atoms with E-state index in [1.807, 2.05) is 0 Å². The second-order valence-corrected chi connectivity index (χ2v) is 6.37. The summed E-state index contributed by atoms with van der Waals surface area (Å²) in [7, 11) is 2.16. The molecule has 108 valence electrons. The van der Waals surface area contributed by atoms with Crippen molar-refractivity contribution in [3.63, 3.8) is 0 Å². The van der Waals surface area contributed by atoms with Gasteiger partial charge in [0.05, 0.1) is 5.69 Å². The van der Waals surface area contributed by atoms with Crippen LogP contribution in [0.5, 0.6) is 0 Å². The number of aromatic nitrogens is 1. The van der Waals surface area contributed by atoms with E-state index in [0.29, 0.717) is 0 Å². The Balaban J connectivity index is 1.92. The summed E-state index contributed by atoms with van der Waals surface area (Å²) in [4.78, 5) is 9.17. The summed E-state index contributed by atoms with van der Waals surface area (Å²) < 4.78 is 5.62. The van der Waals surface area contributed by atoms with Gasteiger partial charge >= 0.3 is 0 Å². The molecular weight excluding hydrogens is 240 g/mol. The predicted octanol–water partition coefficient (Wildman–Crippen LogP) is 1.70. The van der Waals surface area contributed by atoms with Gasteiger partial charge in [0.1, 0.15) is 6.26 Å². The number of nitrogens with zero attached hydrogens (tertiary/aromatic N) is 3. The van der Waals surface area contributed by atoms with E-state index >= 15 is 0 Å². The molecule has 1 aromatic rings. The van der Waals surface area contributed by atoms with Gasteiger partial charge in [0, 0.05) is 31.7 Å². The zero-order chi connectivity index (χ0) is 13.9. The van der Waals surface area contributed by atoms with Crippen LogP contribution in [-0.4, -0.2) is 48.6 Å². The van der Waals surface area contributed by atoms with E-state index in [1.54, 1.807) is 6.26 Å². The van der Waals surface area contributed by atoms with Crippen LogP contribution in [-0.2, 0) is 6.54 Å². The molecule has 0 saturated carbocycles. The van der Waals surface area contributed by atoms with Crippen LogP contribution in [0.3, 0.4) is 0 Å². The maximum absolute atomic E-state index is 5.62. The minimum atomic E-state index is 0.102. The Morgan fingerprint density at radius 2 is 2.05 bits per heavy atom. The van der Waals surface area contributed by atoms with Crippen molar-refractivity contribution in [3.8, 4) is 0 Å². The number of anilines is 1. The summed E-state index contributed by atoms with van der Waals surface area (Å²) in [6.07, 6.45) is 2.93. The molecular formula is C14H26N4O. The highest BCUT2D eigenvalue weighted by Crippen LogP contribution is 2.16. The smallest absolute Gasteiger partial charge is 0.297 e. The third kappa shape index (κ3) is 4.51. The molecule has 1 aliphatic rings. The number of hydrogen-bond acceptors (Lipinski definition) is 5. The Kier molecular flexibility index (Phi) is 4.47. The van der Waals surface area contributed by atoms with Crippen LogP contribution >= 0.6 is 0 Å². The standard InChI is InChI=1S/C14H26N4O/c1-14(2,3)15-10-12-11-19-13(16-12)18-7-5-6-17(4)8-9-18/h11,15H,5-10H2,1-4H3. The van der Waals surface area contributed by atoms with E-state index in [9.17, 15) is 0 Å². The van der Waals surface area contributed by atoms with Crippen LogP contribution < -0.4 is 10.2 Å². The molecule has 19 heavy (non-hydrogen) atoms. The first-order valence-electron chi connectivity index (χ1n) is 7.07. The average Bonchev–Trinajstić information content (AvgIpc) is 2.69. The Labute approximate surface area is 116 Å². The molecule has 0 radical (unpaired) electrons. The molecule has 1 aromatic heterocycles. The molecule has 5 heteroatoms. The van der Waals surface area contributed by atoms with Gasteiger partial charge in [-0.25, -0.2) is 0 Å². The van der Waals surface area contributed by atoms with Crippen molar-refractivity contribution in [2.45, 2.75) is 39.3 Å². The fraction of sp³-hybridized carbons (Fsp3) is 0.786. The summed E-state index contributed by atoms with van der Waals surface area (Å²) >= 11 is 0. The van der Waals surface area contributed by atoms with E-state index in [2.05, 4.69) is 47.9 Å². The van der Waals surface area contributed by atoms with Gasteiger partial charge < -0.3 is 19.5 Å². The first-order chi connectivity index (χ1) is 8.94. The van der Waals surface area contributed by atoms with Crippen molar-refractivity contribution in [2.24, 2.45) is 0 Å². The number of hydrogen-bond donors (Lipinski definition) is 1. The number of likely N-dealkylation sites (N-methyl/N-ethyl adjacent to an activating group) is 1. The molecule has 1 aliphatic heterocycles. The van der Waals surface area contributed by atoms with Crippen LogP contribution in [0.4, 0.5) is 6.01 Å². The third-order valence-electron chi connectivity index (χ3n) is 3.33. The first-order valence-corrected chi connectivity index (χ1v) is 7.07. The summed E-state index contributed by atoms with van der Waals surface area (Å²) in [6, 6.07) is 0.765. The van der Waals surface area contributed by atoms with Crippen molar-refractivity contribution in [2.75, 3.05) is 38.1 Å². The Morgan fingerprint density at radius 3 is 2.79 bits per heavy atom. The lowest BCUT2D eigenvalue weighted by molar-refractivity contribution is 0.359. The van der Waals surface area contributed by atoms with Crippen molar-refractivity contribution >= 4 is 6.01 Å². The molecule has 0 bridgehead atoms. The van der Waals surface area contributed by atoms with Gasteiger partial charge in [-0.2, -0.15) is 4.98 Å². The van der Waals surface area contributed by atoms with Gasteiger partial charge in [0.2, 0.25) is 0 Å². The SMILES string of the molecule is CN1CCCN(c2nc(CNC(C)(C)C)co2)CC1. The van der Waals surface area contributed by atoms with Crippen LogP contribution in [0.25, 0.3) is 0 Å². The summed E-state index contributed by atoms with van der Waals surface area (Å²) in [5.41, 5.74) is 1.08. The fourth-order valence-corrected chi connectivity index (χ4v) is 2.12. The van der Waals surface area contributed by atoms with E-state index in [0.717, 1.165) is 50.9 Å². The zero-order valence-corrected chi connectivity index (χ0v) is 12.6. The quantitative estimate of drug-likeness (QED) is 0.902. The molecule has 1 fully saturated rings. The molecule has 5 nitrogen and oxygen atoms in total. The molecule has 1 N–H and O–H groups in total. The molecule has 0 aromatic carbocycles. The topological polar surface area (TPSA) is 44.5 Å². The minimum Gasteiger partial charge on any atom is -0.432 e. The van der Waals surface area contributed by atoms with Crippen molar-refractivity contribution < 1.29 is 4.42 Å². The van der Waals surface area contributed by atoms with Crippen molar-refractivity contribution in [1.29, 1.82) is 0 Å². The second kappa shape index (κ2) is 5.92. The van der Waals surface area contributed by atoms with E-state index in [-0.39, 0.29) is 5.54 Å². The van der Waals surface area contributed by atoms with Crippen LogP contribution in [0.2, 0.25) is 0 Å². The lowest BCUT2D eigenvalue weighted by Gasteiger charge is -2.19. The predicted molar refractivity (Wildman–Crippen MR) is 77.4 cm³/mol. The largest absolute Gasteiger partial charge is 0.432 e. The number of nitrogens with one attached hydrogen (secondary N) is 1. The highest BCUT2D eigenvalue weighted by molar-refractivity contribution is 5.27. The monoisotopic (exact) mass is 266 g/mol. The van der Waals surface area contributed by atoms with Gasteiger partial charge in [-0.1, -0.05) is 0 Å². The molecule has 2 rings (SSSR count). The molecule has 0 amide bonds. The van der Waals surface area contributed by atoms with Gasteiger partial charge in [0.15, 0.2) is 0 Å². The van der Waals surface area contributed by atoms with Crippen LogP contribution in [0, 0.1) is 0 Å². The van der Waals surface area contributed by atoms with Crippen molar-refractivity contribution in [3.05, 3.63) is 12.0 Å². The second-order valence-electron chi connectivity index (χ2n) is 6.37. The third-order valence-corrected chi connectivity index (χ3v) is 3.33. The van der Waals surface area contributed by atoms with Gasteiger partial charge in [-0.05, 0) is 40.8 Å². The van der Waals surface area contributed by atoms with E-state index in [1.165, 1.54) is 0 Å². The molecule has 0 atom stereocenters. The lowest BCUT2D eigenvalue weighted by atomic mass is 10.1. The molecule has 0 aliphatic carbocycles. The molecule has 0 spiro atoms. The minimum absolute atomic E-state index is 0.102. The highest BCUT2D eigenvalue weighted by atomic mass is 16.4. The summed E-state index contributed by atoms with van der Waals surface area (Å²) in [6.45, 7) is 11.4. The van der Waals surface area contributed by atoms with Gasteiger partial charge in [-0.15, -0.1) is 0 Å². The Hall–Kier alpha value is -1.07. The fourth-order valence-electron chi connectivity index (χ4n) is 2.12. The number of oxazole rings is 1. The molecule has 2 heterocycles. The van der Waals surface area contributed by atoms with Crippen LogP contribution in [0.15, 0.2) is 10.7 Å².